The predicted molar refractivity (Wildman–Crippen MR) is 97.6 cm³/mol. The Labute approximate surface area is 147 Å². The van der Waals surface area contributed by atoms with Crippen LogP contribution in [-0.4, -0.2) is 18.2 Å². The number of ether oxygens (including phenoxy) is 1. The third kappa shape index (κ3) is 5.10. The van der Waals surface area contributed by atoms with Crippen LogP contribution in [0.15, 0.2) is 53.6 Å². The summed E-state index contributed by atoms with van der Waals surface area (Å²) in [6.07, 6.45) is 0. The van der Waals surface area contributed by atoms with Crippen LogP contribution < -0.4 is 10.2 Å². The van der Waals surface area contributed by atoms with Crippen molar-refractivity contribution in [3.8, 4) is 5.75 Å². The molecule has 0 aromatic heterocycles. The van der Waals surface area contributed by atoms with Gasteiger partial charge in [0.1, 0.15) is 5.75 Å². The van der Waals surface area contributed by atoms with Gasteiger partial charge in [-0.25, -0.2) is 5.43 Å². The number of carbonyl (C=O) groups is 1. The number of nitrogens with one attached hydrogen (secondary N) is 1. The summed E-state index contributed by atoms with van der Waals surface area (Å²) in [5.41, 5.74) is 5.26. The molecule has 0 atom stereocenters. The summed E-state index contributed by atoms with van der Waals surface area (Å²) in [4.78, 5) is 12.0. The molecule has 0 radical (unpaired) electrons. The van der Waals surface area contributed by atoms with Crippen LogP contribution in [-0.2, 0) is 4.79 Å². The third-order valence-corrected chi connectivity index (χ3v) is 3.65. The molecule has 1 N–H and O–H groups in total. The van der Waals surface area contributed by atoms with Gasteiger partial charge in [0.15, 0.2) is 6.61 Å². The Morgan fingerprint density at radius 1 is 1.21 bits per heavy atom. The van der Waals surface area contributed by atoms with Gasteiger partial charge in [0.25, 0.3) is 5.91 Å². The van der Waals surface area contributed by atoms with Crippen molar-refractivity contribution >= 4 is 23.2 Å². The normalized spacial score (nSPS) is 11.5. The Morgan fingerprint density at radius 3 is 2.54 bits per heavy atom. The van der Waals surface area contributed by atoms with Crippen LogP contribution in [0.5, 0.6) is 5.75 Å². The zero-order chi connectivity index (χ0) is 17.5. The first kappa shape index (κ1) is 18.0. The minimum Gasteiger partial charge on any atom is -0.483 e. The molecule has 4 nitrogen and oxygen atoms in total. The average Bonchev–Trinajstić information content (AvgIpc) is 2.55. The summed E-state index contributed by atoms with van der Waals surface area (Å²) in [6.45, 7) is 5.84. The van der Waals surface area contributed by atoms with Crippen LogP contribution in [0.1, 0.15) is 25.0 Å². The second-order valence-corrected chi connectivity index (χ2v) is 6.19. The van der Waals surface area contributed by atoms with Crippen molar-refractivity contribution in [1.82, 2.24) is 5.43 Å². The van der Waals surface area contributed by atoms with Gasteiger partial charge in [-0.3, -0.25) is 4.79 Å². The zero-order valence-electron chi connectivity index (χ0n) is 14.0. The van der Waals surface area contributed by atoms with Crippen LogP contribution in [0, 0.1) is 12.8 Å². The summed E-state index contributed by atoms with van der Waals surface area (Å²) in [6, 6.07) is 15.0. The maximum atomic E-state index is 12.0. The highest BCUT2D eigenvalue weighted by Gasteiger charge is 2.10. The number of carbonyl (C=O) groups excluding carboxylic acids is 1. The van der Waals surface area contributed by atoms with E-state index in [4.69, 9.17) is 16.3 Å². The molecule has 0 aliphatic heterocycles. The molecule has 5 heteroatoms. The highest BCUT2D eigenvalue weighted by molar-refractivity contribution is 6.30. The molecule has 0 unspecified atom stereocenters. The Balaban J connectivity index is 1.98. The van der Waals surface area contributed by atoms with E-state index >= 15 is 0 Å². The Morgan fingerprint density at radius 2 is 1.92 bits per heavy atom. The number of amides is 1. The molecule has 0 heterocycles. The van der Waals surface area contributed by atoms with Crippen molar-refractivity contribution in [2.45, 2.75) is 20.8 Å². The standard InChI is InChI=1S/C19H21ClN2O2/c1-13(2)19(15-7-5-4-6-8-15)22-21-18(23)12-24-17-10-9-16(20)11-14(17)3/h4-11,13H,12H2,1-3H3,(H,21,23)/b22-19+. The van der Waals surface area contributed by atoms with Crippen LogP contribution in [0.3, 0.4) is 0 Å². The fourth-order valence-corrected chi connectivity index (χ4v) is 2.44. The molecule has 0 fully saturated rings. The van der Waals surface area contributed by atoms with Gasteiger partial charge in [-0.15, -0.1) is 0 Å². The first-order chi connectivity index (χ1) is 11.5. The van der Waals surface area contributed by atoms with Crippen LogP contribution in [0.2, 0.25) is 5.02 Å². The van der Waals surface area contributed by atoms with E-state index in [0.29, 0.717) is 10.8 Å². The molecule has 2 aromatic carbocycles. The largest absolute Gasteiger partial charge is 0.483 e. The summed E-state index contributed by atoms with van der Waals surface area (Å²) in [5.74, 6) is 0.510. The van der Waals surface area contributed by atoms with Crippen LogP contribution >= 0.6 is 11.6 Å². The van der Waals surface area contributed by atoms with Gasteiger partial charge in [-0.05, 0) is 42.2 Å². The van der Waals surface area contributed by atoms with E-state index in [1.165, 1.54) is 0 Å². The van der Waals surface area contributed by atoms with Gasteiger partial charge in [0.05, 0.1) is 5.71 Å². The highest BCUT2D eigenvalue weighted by atomic mass is 35.5. The lowest BCUT2D eigenvalue weighted by molar-refractivity contribution is -0.123. The van der Waals surface area contributed by atoms with E-state index in [9.17, 15) is 4.79 Å². The molecule has 126 valence electrons. The third-order valence-electron chi connectivity index (χ3n) is 3.41. The van der Waals surface area contributed by atoms with Gasteiger partial charge in [0, 0.05) is 5.02 Å². The van der Waals surface area contributed by atoms with Crippen LogP contribution in [0.25, 0.3) is 0 Å². The molecular formula is C19H21ClN2O2. The second kappa shape index (κ2) is 8.50. The Bertz CT molecular complexity index is 727. The van der Waals surface area contributed by atoms with Gasteiger partial charge >= 0.3 is 0 Å². The number of nitrogens with zero attached hydrogens (tertiary/aromatic N) is 1. The van der Waals surface area contributed by atoms with Crippen molar-refractivity contribution < 1.29 is 9.53 Å². The van der Waals surface area contributed by atoms with Crippen molar-refractivity contribution in [2.24, 2.45) is 11.0 Å². The smallest absolute Gasteiger partial charge is 0.277 e. The van der Waals surface area contributed by atoms with Gasteiger partial charge < -0.3 is 4.74 Å². The second-order valence-electron chi connectivity index (χ2n) is 5.75. The molecule has 2 aromatic rings. The molecule has 0 aliphatic rings. The molecule has 2 rings (SSSR count). The average molecular weight is 345 g/mol. The highest BCUT2D eigenvalue weighted by Crippen LogP contribution is 2.21. The molecule has 0 aliphatic carbocycles. The minimum absolute atomic E-state index is 0.105. The zero-order valence-corrected chi connectivity index (χ0v) is 14.8. The fraction of sp³-hybridized carbons (Fsp3) is 0.263. The molecule has 0 bridgehead atoms. The van der Waals surface area contributed by atoms with Crippen molar-refractivity contribution in [2.75, 3.05) is 6.61 Å². The maximum absolute atomic E-state index is 12.0. The molecule has 1 amide bonds. The summed E-state index contributed by atoms with van der Waals surface area (Å²) >= 11 is 5.90. The lowest BCUT2D eigenvalue weighted by Gasteiger charge is -2.11. The number of hydrogen-bond donors (Lipinski definition) is 1. The van der Waals surface area contributed by atoms with Crippen molar-refractivity contribution in [1.29, 1.82) is 0 Å². The van der Waals surface area contributed by atoms with Crippen molar-refractivity contribution in [3.05, 3.63) is 64.7 Å². The first-order valence-corrected chi connectivity index (χ1v) is 8.16. The van der Waals surface area contributed by atoms with E-state index in [1.807, 2.05) is 51.1 Å². The molecule has 0 saturated carbocycles. The van der Waals surface area contributed by atoms with E-state index in [-0.39, 0.29) is 18.4 Å². The molecular weight excluding hydrogens is 324 g/mol. The number of halogens is 1. The lowest BCUT2D eigenvalue weighted by atomic mass is 10.0. The van der Waals surface area contributed by atoms with E-state index in [2.05, 4.69) is 10.5 Å². The number of benzene rings is 2. The summed E-state index contributed by atoms with van der Waals surface area (Å²) < 4.78 is 5.51. The Hall–Kier alpha value is -2.33. The number of rotatable bonds is 6. The number of hydrogen-bond acceptors (Lipinski definition) is 3. The van der Waals surface area contributed by atoms with E-state index in [1.54, 1.807) is 18.2 Å². The SMILES string of the molecule is Cc1cc(Cl)ccc1OCC(=O)N/N=C(/c1ccccc1)C(C)C. The maximum Gasteiger partial charge on any atom is 0.277 e. The lowest BCUT2D eigenvalue weighted by Crippen LogP contribution is -2.27. The van der Waals surface area contributed by atoms with Gasteiger partial charge in [-0.2, -0.15) is 5.10 Å². The minimum atomic E-state index is -0.307. The first-order valence-electron chi connectivity index (χ1n) is 7.78. The molecule has 0 spiro atoms. The van der Waals surface area contributed by atoms with Crippen LogP contribution in [0.4, 0.5) is 0 Å². The predicted octanol–water partition coefficient (Wildman–Crippen LogP) is 4.20. The fourth-order valence-electron chi connectivity index (χ4n) is 2.21. The topological polar surface area (TPSA) is 50.7 Å². The molecule has 0 saturated heterocycles. The summed E-state index contributed by atoms with van der Waals surface area (Å²) in [5, 5.41) is 4.90. The van der Waals surface area contributed by atoms with E-state index in [0.717, 1.165) is 16.8 Å². The Kier molecular flexibility index (Phi) is 6.38. The molecule has 24 heavy (non-hydrogen) atoms. The monoisotopic (exact) mass is 344 g/mol. The van der Waals surface area contributed by atoms with Crippen molar-refractivity contribution in [3.63, 3.8) is 0 Å². The number of hydrazone groups is 1. The van der Waals surface area contributed by atoms with Gasteiger partial charge in [0.2, 0.25) is 0 Å². The number of aryl methyl sites for hydroxylation is 1. The van der Waals surface area contributed by atoms with Gasteiger partial charge in [-0.1, -0.05) is 55.8 Å². The van der Waals surface area contributed by atoms with E-state index < -0.39 is 0 Å². The quantitative estimate of drug-likeness (QED) is 0.630. The summed E-state index contributed by atoms with van der Waals surface area (Å²) in [7, 11) is 0.